The van der Waals surface area contributed by atoms with Crippen LogP contribution in [0.15, 0.2) is 18.2 Å². The first-order valence-corrected chi connectivity index (χ1v) is 12.1. The standard InChI is InChI=1S/C26H42O4/c1-2-3-4-9-15-22-17-14-18-23(16-10-5-7-12-20-25(27)28)24(22)19-11-6-8-13-21-26(29)30/h14,17-18H,2-13,15-16,19-21H2,1H3,(H,27,28)(H,29,30). The van der Waals surface area contributed by atoms with E-state index in [1.165, 1.54) is 42.4 Å². The fourth-order valence-corrected chi connectivity index (χ4v) is 4.10. The van der Waals surface area contributed by atoms with Crippen molar-refractivity contribution in [3.63, 3.8) is 0 Å². The molecule has 170 valence electrons. The maximum Gasteiger partial charge on any atom is 0.303 e. The van der Waals surface area contributed by atoms with E-state index in [9.17, 15) is 9.59 Å². The van der Waals surface area contributed by atoms with Gasteiger partial charge in [-0.2, -0.15) is 0 Å². The van der Waals surface area contributed by atoms with Gasteiger partial charge in [0.1, 0.15) is 0 Å². The topological polar surface area (TPSA) is 74.6 Å². The van der Waals surface area contributed by atoms with Crippen LogP contribution in [0, 0.1) is 0 Å². The summed E-state index contributed by atoms with van der Waals surface area (Å²) in [6.07, 6.45) is 16.9. The number of benzene rings is 1. The molecule has 4 nitrogen and oxygen atoms in total. The van der Waals surface area contributed by atoms with Crippen LogP contribution < -0.4 is 0 Å². The Hall–Kier alpha value is -1.84. The summed E-state index contributed by atoms with van der Waals surface area (Å²) < 4.78 is 0. The van der Waals surface area contributed by atoms with E-state index >= 15 is 0 Å². The van der Waals surface area contributed by atoms with Crippen LogP contribution in [0.5, 0.6) is 0 Å². The number of carbonyl (C=O) groups is 2. The predicted molar refractivity (Wildman–Crippen MR) is 123 cm³/mol. The van der Waals surface area contributed by atoms with Crippen molar-refractivity contribution in [2.75, 3.05) is 0 Å². The lowest BCUT2D eigenvalue weighted by molar-refractivity contribution is -0.138. The average molecular weight is 419 g/mol. The predicted octanol–water partition coefficient (Wildman–Crippen LogP) is 6.96. The van der Waals surface area contributed by atoms with Gasteiger partial charge in [0.15, 0.2) is 0 Å². The summed E-state index contributed by atoms with van der Waals surface area (Å²) in [5.41, 5.74) is 4.49. The van der Waals surface area contributed by atoms with Crippen LogP contribution in [-0.4, -0.2) is 22.2 Å². The van der Waals surface area contributed by atoms with Gasteiger partial charge in [-0.25, -0.2) is 0 Å². The molecule has 0 bridgehead atoms. The third-order valence-electron chi connectivity index (χ3n) is 5.82. The van der Waals surface area contributed by atoms with Crippen LogP contribution in [-0.2, 0) is 28.9 Å². The van der Waals surface area contributed by atoms with Gasteiger partial charge in [-0.1, -0.05) is 70.1 Å². The van der Waals surface area contributed by atoms with Crippen LogP contribution in [0.25, 0.3) is 0 Å². The molecule has 0 spiro atoms. The molecule has 0 saturated heterocycles. The number of aryl methyl sites for hydroxylation is 2. The molecule has 0 aliphatic rings. The number of hydrogen-bond donors (Lipinski definition) is 2. The lowest BCUT2D eigenvalue weighted by Gasteiger charge is -2.15. The number of aliphatic carboxylic acids is 2. The zero-order valence-electron chi connectivity index (χ0n) is 19.0. The summed E-state index contributed by atoms with van der Waals surface area (Å²) in [4.78, 5) is 21.3. The van der Waals surface area contributed by atoms with Crippen LogP contribution >= 0.6 is 0 Å². The van der Waals surface area contributed by atoms with Gasteiger partial charge in [0.2, 0.25) is 0 Å². The minimum absolute atomic E-state index is 0.278. The molecule has 0 heterocycles. The first kappa shape index (κ1) is 26.2. The second-order valence-electron chi connectivity index (χ2n) is 8.48. The molecule has 2 N–H and O–H groups in total. The maximum absolute atomic E-state index is 10.7. The van der Waals surface area contributed by atoms with E-state index in [2.05, 4.69) is 25.1 Å². The molecular weight excluding hydrogens is 376 g/mol. The van der Waals surface area contributed by atoms with E-state index in [1.807, 2.05) is 0 Å². The smallest absolute Gasteiger partial charge is 0.303 e. The lowest BCUT2D eigenvalue weighted by Crippen LogP contribution is -2.02. The highest BCUT2D eigenvalue weighted by molar-refractivity contribution is 5.66. The highest BCUT2D eigenvalue weighted by Gasteiger charge is 2.09. The second kappa shape index (κ2) is 16.9. The Morgan fingerprint density at radius 2 is 1.07 bits per heavy atom. The molecule has 1 rings (SSSR count). The molecule has 0 amide bonds. The SMILES string of the molecule is CCCCCCc1cccc(CCCCCCC(=O)O)c1CCCCCCC(=O)O. The van der Waals surface area contributed by atoms with Crippen LogP contribution in [0.3, 0.4) is 0 Å². The monoisotopic (exact) mass is 418 g/mol. The number of rotatable bonds is 19. The molecule has 1 aromatic rings. The van der Waals surface area contributed by atoms with Crippen molar-refractivity contribution >= 4 is 11.9 Å². The van der Waals surface area contributed by atoms with Gasteiger partial charge in [0.25, 0.3) is 0 Å². The van der Waals surface area contributed by atoms with Gasteiger partial charge < -0.3 is 10.2 Å². The summed E-state index contributed by atoms with van der Waals surface area (Å²) in [6.45, 7) is 2.24. The molecule has 4 heteroatoms. The summed E-state index contributed by atoms with van der Waals surface area (Å²) >= 11 is 0. The lowest BCUT2D eigenvalue weighted by atomic mass is 9.90. The molecule has 1 aromatic carbocycles. The Labute approximate surface area is 183 Å². The Morgan fingerprint density at radius 3 is 1.53 bits per heavy atom. The van der Waals surface area contributed by atoms with Crippen molar-refractivity contribution in [2.45, 2.75) is 116 Å². The molecule has 0 aromatic heterocycles. The van der Waals surface area contributed by atoms with Crippen LogP contribution in [0.4, 0.5) is 0 Å². The molecule has 0 atom stereocenters. The summed E-state index contributed by atoms with van der Waals surface area (Å²) in [7, 11) is 0. The van der Waals surface area contributed by atoms with Crippen molar-refractivity contribution in [1.82, 2.24) is 0 Å². The first-order valence-electron chi connectivity index (χ1n) is 12.1. The van der Waals surface area contributed by atoms with Crippen LogP contribution in [0.1, 0.15) is 114 Å². The van der Waals surface area contributed by atoms with E-state index in [4.69, 9.17) is 10.2 Å². The van der Waals surface area contributed by atoms with Gasteiger partial charge >= 0.3 is 11.9 Å². The fraction of sp³-hybridized carbons (Fsp3) is 0.692. The molecule has 0 aliphatic heterocycles. The molecule has 0 saturated carbocycles. The molecule has 30 heavy (non-hydrogen) atoms. The Balaban J connectivity index is 2.57. The zero-order valence-corrected chi connectivity index (χ0v) is 19.0. The molecule has 0 radical (unpaired) electrons. The van der Waals surface area contributed by atoms with Crippen molar-refractivity contribution in [2.24, 2.45) is 0 Å². The highest BCUT2D eigenvalue weighted by Crippen LogP contribution is 2.23. The third-order valence-corrected chi connectivity index (χ3v) is 5.82. The van der Waals surface area contributed by atoms with E-state index in [0.29, 0.717) is 0 Å². The third kappa shape index (κ3) is 12.7. The van der Waals surface area contributed by atoms with Crippen molar-refractivity contribution in [1.29, 1.82) is 0 Å². The summed E-state index contributed by atoms with van der Waals surface area (Å²) in [5.74, 6) is -1.39. The second-order valence-corrected chi connectivity index (χ2v) is 8.48. The van der Waals surface area contributed by atoms with Crippen molar-refractivity contribution in [3.8, 4) is 0 Å². The normalized spacial score (nSPS) is 11.0. The Bertz CT molecular complexity index is 609. The van der Waals surface area contributed by atoms with E-state index in [-0.39, 0.29) is 12.8 Å². The van der Waals surface area contributed by atoms with E-state index < -0.39 is 11.9 Å². The van der Waals surface area contributed by atoms with Gasteiger partial charge in [-0.05, 0) is 68.1 Å². The molecule has 0 aliphatic carbocycles. The van der Waals surface area contributed by atoms with Crippen molar-refractivity contribution < 1.29 is 19.8 Å². The number of hydrogen-bond acceptors (Lipinski definition) is 2. The summed E-state index contributed by atoms with van der Waals surface area (Å²) in [6, 6.07) is 6.76. The maximum atomic E-state index is 10.7. The minimum atomic E-state index is -0.698. The zero-order chi connectivity index (χ0) is 22.0. The number of carboxylic acid groups (broad SMARTS) is 2. The number of unbranched alkanes of at least 4 members (excludes halogenated alkanes) is 9. The molecule has 0 fully saturated rings. The Morgan fingerprint density at radius 1 is 0.633 bits per heavy atom. The highest BCUT2D eigenvalue weighted by atomic mass is 16.4. The van der Waals surface area contributed by atoms with Crippen LogP contribution in [0.2, 0.25) is 0 Å². The summed E-state index contributed by atoms with van der Waals surface area (Å²) in [5, 5.41) is 17.5. The minimum Gasteiger partial charge on any atom is -0.481 e. The molecule has 0 unspecified atom stereocenters. The Kier molecular flexibility index (Phi) is 14.8. The van der Waals surface area contributed by atoms with Gasteiger partial charge in [0, 0.05) is 12.8 Å². The fourth-order valence-electron chi connectivity index (χ4n) is 4.10. The van der Waals surface area contributed by atoms with E-state index in [1.54, 1.807) is 0 Å². The largest absolute Gasteiger partial charge is 0.481 e. The quantitative estimate of drug-likeness (QED) is 0.238. The van der Waals surface area contributed by atoms with Gasteiger partial charge in [0.05, 0.1) is 0 Å². The first-order chi connectivity index (χ1) is 14.5. The van der Waals surface area contributed by atoms with E-state index in [0.717, 1.165) is 70.6 Å². The average Bonchev–Trinajstić information content (AvgIpc) is 2.71. The van der Waals surface area contributed by atoms with Gasteiger partial charge in [-0.3, -0.25) is 9.59 Å². The van der Waals surface area contributed by atoms with Crippen molar-refractivity contribution in [3.05, 3.63) is 34.9 Å². The number of carboxylic acids is 2. The van der Waals surface area contributed by atoms with Gasteiger partial charge in [-0.15, -0.1) is 0 Å². The molecular formula is C26H42O4.